The van der Waals surface area contributed by atoms with Crippen LogP contribution in [0.15, 0.2) is 6.20 Å². The summed E-state index contributed by atoms with van der Waals surface area (Å²) in [6, 6.07) is 0. The Balaban J connectivity index is 2.72. The molecule has 1 rings (SSSR count). The van der Waals surface area contributed by atoms with Crippen LogP contribution < -0.4 is 0 Å². The molecule has 0 saturated carbocycles. The van der Waals surface area contributed by atoms with Crippen LogP contribution in [0.4, 0.5) is 0 Å². The fourth-order valence-corrected chi connectivity index (χ4v) is 1.22. The van der Waals surface area contributed by atoms with Gasteiger partial charge in [-0.2, -0.15) is 0 Å². The van der Waals surface area contributed by atoms with Gasteiger partial charge in [-0.05, 0) is 6.92 Å². The third-order valence-corrected chi connectivity index (χ3v) is 2.17. The lowest BCUT2D eigenvalue weighted by Crippen LogP contribution is -2.04. The van der Waals surface area contributed by atoms with E-state index in [9.17, 15) is 9.90 Å². The lowest BCUT2D eigenvalue weighted by atomic mass is 10.1. The van der Waals surface area contributed by atoms with Gasteiger partial charge in [0.15, 0.2) is 6.29 Å². The monoisotopic (exact) mass is 225 g/mol. The Hall–Kier alpha value is -1.46. The van der Waals surface area contributed by atoms with Crippen molar-refractivity contribution < 1.29 is 19.4 Å². The summed E-state index contributed by atoms with van der Waals surface area (Å²) in [4.78, 5) is 14.8. The van der Waals surface area contributed by atoms with Crippen molar-refractivity contribution >= 4 is 6.29 Å². The maximum absolute atomic E-state index is 10.8. The largest absolute Gasteiger partial charge is 0.505 e. The van der Waals surface area contributed by atoms with Gasteiger partial charge >= 0.3 is 0 Å². The van der Waals surface area contributed by atoms with E-state index in [4.69, 9.17) is 9.47 Å². The van der Waals surface area contributed by atoms with Crippen LogP contribution in [0, 0.1) is 6.92 Å². The van der Waals surface area contributed by atoms with Crippen molar-refractivity contribution in [3.63, 3.8) is 0 Å². The number of nitrogens with zero attached hydrogens (tertiary/aromatic N) is 1. The number of carbonyl (C=O) groups is 1. The van der Waals surface area contributed by atoms with Crippen LogP contribution in [-0.4, -0.2) is 36.7 Å². The minimum atomic E-state index is -0.0807. The second-order valence-electron chi connectivity index (χ2n) is 3.29. The third kappa shape index (κ3) is 3.01. The number of ether oxygens (including phenoxy) is 2. The molecule has 0 amide bonds. The molecule has 0 aliphatic heterocycles. The van der Waals surface area contributed by atoms with Crippen molar-refractivity contribution in [2.24, 2.45) is 0 Å². The molecule has 0 aliphatic rings. The molecule has 16 heavy (non-hydrogen) atoms. The first-order valence-corrected chi connectivity index (χ1v) is 4.90. The van der Waals surface area contributed by atoms with Gasteiger partial charge in [-0.15, -0.1) is 0 Å². The van der Waals surface area contributed by atoms with Gasteiger partial charge in [0, 0.05) is 18.9 Å². The number of aldehydes is 1. The van der Waals surface area contributed by atoms with Gasteiger partial charge in [0.05, 0.1) is 31.1 Å². The van der Waals surface area contributed by atoms with Gasteiger partial charge in [0.1, 0.15) is 5.75 Å². The third-order valence-electron chi connectivity index (χ3n) is 2.17. The summed E-state index contributed by atoms with van der Waals surface area (Å²) in [5, 5.41) is 9.61. The molecule has 0 saturated heterocycles. The van der Waals surface area contributed by atoms with Gasteiger partial charge < -0.3 is 14.6 Å². The standard InChI is InChI=1S/C11H15NO4/c1-8-11(14)10(6-13)9(5-12-8)7-16-4-3-15-2/h5-6,14H,3-4,7H2,1-2H3. The molecule has 0 aromatic carbocycles. The zero-order chi connectivity index (χ0) is 12.0. The molecule has 1 heterocycles. The maximum Gasteiger partial charge on any atom is 0.154 e. The summed E-state index contributed by atoms with van der Waals surface area (Å²) < 4.78 is 10.1. The molecule has 0 aliphatic carbocycles. The molecule has 0 atom stereocenters. The normalized spacial score (nSPS) is 10.4. The number of rotatable bonds is 6. The first kappa shape index (κ1) is 12.6. The molecule has 0 unspecified atom stereocenters. The molecule has 0 fully saturated rings. The predicted molar refractivity (Wildman–Crippen MR) is 57.6 cm³/mol. The van der Waals surface area contributed by atoms with E-state index >= 15 is 0 Å². The highest BCUT2D eigenvalue weighted by molar-refractivity contribution is 5.81. The maximum atomic E-state index is 10.8. The minimum Gasteiger partial charge on any atom is -0.505 e. The number of hydrogen-bond acceptors (Lipinski definition) is 5. The van der Waals surface area contributed by atoms with Crippen LogP contribution in [0.2, 0.25) is 0 Å². The highest BCUT2D eigenvalue weighted by Gasteiger charge is 2.10. The van der Waals surface area contributed by atoms with Gasteiger partial charge in [-0.3, -0.25) is 9.78 Å². The smallest absolute Gasteiger partial charge is 0.154 e. The lowest BCUT2D eigenvalue weighted by molar-refractivity contribution is 0.0611. The zero-order valence-corrected chi connectivity index (χ0v) is 9.40. The second kappa shape index (κ2) is 6.19. The van der Waals surface area contributed by atoms with E-state index in [0.717, 1.165) is 0 Å². The van der Waals surface area contributed by atoms with Gasteiger partial charge in [-0.1, -0.05) is 0 Å². The number of hydrogen-bond donors (Lipinski definition) is 1. The first-order valence-electron chi connectivity index (χ1n) is 4.90. The summed E-state index contributed by atoms with van der Waals surface area (Å²) in [5.41, 5.74) is 1.25. The summed E-state index contributed by atoms with van der Waals surface area (Å²) in [5.74, 6) is -0.0807. The molecule has 5 heteroatoms. The fourth-order valence-electron chi connectivity index (χ4n) is 1.22. The summed E-state index contributed by atoms with van der Waals surface area (Å²) in [6.07, 6.45) is 2.14. The Kier molecular flexibility index (Phi) is 4.88. The molecule has 1 aromatic rings. The number of carbonyl (C=O) groups excluding carboxylic acids is 1. The van der Waals surface area contributed by atoms with Gasteiger partial charge in [0.25, 0.3) is 0 Å². The number of aromatic nitrogens is 1. The molecule has 0 spiro atoms. The number of aromatic hydroxyl groups is 1. The molecule has 5 nitrogen and oxygen atoms in total. The average molecular weight is 225 g/mol. The Labute approximate surface area is 94.0 Å². The van der Waals surface area contributed by atoms with Crippen molar-refractivity contribution in [1.29, 1.82) is 0 Å². The molecule has 88 valence electrons. The Morgan fingerprint density at radius 1 is 1.50 bits per heavy atom. The van der Waals surface area contributed by atoms with Crippen molar-refractivity contribution in [3.8, 4) is 5.75 Å². The number of aryl methyl sites for hydroxylation is 1. The van der Waals surface area contributed by atoms with E-state index in [0.29, 0.717) is 30.8 Å². The molecular formula is C11H15NO4. The van der Waals surface area contributed by atoms with E-state index in [1.807, 2.05) is 0 Å². The van der Waals surface area contributed by atoms with Crippen molar-refractivity contribution in [3.05, 3.63) is 23.0 Å². The predicted octanol–water partition coefficient (Wildman–Crippen LogP) is 1.07. The zero-order valence-electron chi connectivity index (χ0n) is 9.40. The molecule has 0 bridgehead atoms. The highest BCUT2D eigenvalue weighted by atomic mass is 16.5. The molecular weight excluding hydrogens is 210 g/mol. The van der Waals surface area contributed by atoms with Crippen LogP contribution in [0.1, 0.15) is 21.6 Å². The molecule has 0 radical (unpaired) electrons. The SMILES string of the molecule is COCCOCc1cnc(C)c(O)c1C=O. The Morgan fingerprint density at radius 2 is 2.25 bits per heavy atom. The van der Waals surface area contributed by atoms with Crippen molar-refractivity contribution in [2.75, 3.05) is 20.3 Å². The molecule has 1 aromatic heterocycles. The minimum absolute atomic E-state index is 0.0807. The van der Waals surface area contributed by atoms with E-state index in [1.165, 1.54) is 6.20 Å². The average Bonchev–Trinajstić information content (AvgIpc) is 2.29. The summed E-state index contributed by atoms with van der Waals surface area (Å²) in [7, 11) is 1.58. The number of pyridine rings is 1. The van der Waals surface area contributed by atoms with Crippen molar-refractivity contribution in [1.82, 2.24) is 4.98 Å². The van der Waals surface area contributed by atoms with Crippen LogP contribution in [0.3, 0.4) is 0 Å². The number of methoxy groups -OCH3 is 1. The topological polar surface area (TPSA) is 68.7 Å². The van der Waals surface area contributed by atoms with Crippen LogP contribution >= 0.6 is 0 Å². The van der Waals surface area contributed by atoms with Crippen LogP contribution in [-0.2, 0) is 16.1 Å². The first-order chi connectivity index (χ1) is 7.70. The fraction of sp³-hybridized carbons (Fsp3) is 0.455. The van der Waals surface area contributed by atoms with E-state index < -0.39 is 0 Å². The lowest BCUT2D eigenvalue weighted by Gasteiger charge is -2.08. The molecule has 1 N–H and O–H groups in total. The second-order valence-corrected chi connectivity index (χ2v) is 3.29. The highest BCUT2D eigenvalue weighted by Crippen LogP contribution is 2.22. The van der Waals surface area contributed by atoms with Crippen molar-refractivity contribution in [2.45, 2.75) is 13.5 Å². The van der Waals surface area contributed by atoms with E-state index in [2.05, 4.69) is 4.98 Å². The van der Waals surface area contributed by atoms with E-state index in [1.54, 1.807) is 14.0 Å². The van der Waals surface area contributed by atoms with E-state index in [-0.39, 0.29) is 17.9 Å². The summed E-state index contributed by atoms with van der Waals surface area (Å²) >= 11 is 0. The van der Waals surface area contributed by atoms with Crippen LogP contribution in [0.5, 0.6) is 5.75 Å². The Bertz CT molecular complexity index is 365. The summed E-state index contributed by atoms with van der Waals surface area (Å²) in [6.45, 7) is 2.79. The quantitative estimate of drug-likeness (QED) is 0.579. The van der Waals surface area contributed by atoms with Gasteiger partial charge in [0.2, 0.25) is 0 Å². The van der Waals surface area contributed by atoms with Crippen LogP contribution in [0.25, 0.3) is 0 Å². The van der Waals surface area contributed by atoms with Gasteiger partial charge in [-0.25, -0.2) is 0 Å². The Morgan fingerprint density at radius 3 is 2.88 bits per heavy atom.